The Morgan fingerprint density at radius 2 is 1.43 bits per heavy atom. The summed E-state index contributed by atoms with van der Waals surface area (Å²) in [7, 11) is -4.33. The molecule has 0 bridgehead atoms. The quantitative estimate of drug-likeness (QED) is 0.465. The maximum Gasteiger partial charge on any atom is 1.00 e. The summed E-state index contributed by atoms with van der Waals surface area (Å²) in [5, 5.41) is 8.63. The van der Waals surface area contributed by atoms with Crippen molar-refractivity contribution in [2.45, 2.75) is 0 Å². The van der Waals surface area contributed by atoms with Gasteiger partial charge >= 0.3 is 59.1 Å². The molecule has 14 heavy (non-hydrogen) atoms. The molecule has 0 radical (unpaired) electrons. The van der Waals surface area contributed by atoms with Gasteiger partial charge < -0.3 is 14.2 Å². The van der Waals surface area contributed by atoms with Gasteiger partial charge in [0.05, 0.1) is 0 Å². The molecule has 68 valence electrons. The van der Waals surface area contributed by atoms with Crippen LogP contribution in [0.4, 0.5) is 0 Å². The normalized spacial score (nSPS) is 8.43. The van der Waals surface area contributed by atoms with Crippen molar-refractivity contribution in [3.8, 4) is 5.75 Å². The van der Waals surface area contributed by atoms with Gasteiger partial charge in [-0.15, -0.1) is 9.05 Å². The Balaban J connectivity index is -0.000000159. The zero-order chi connectivity index (χ0) is 9.61. The van der Waals surface area contributed by atoms with E-state index in [1.54, 1.807) is 24.3 Å². The first-order chi connectivity index (χ1) is 5.39. The van der Waals surface area contributed by atoms with Gasteiger partial charge in [-0.05, 0) is 23.3 Å². The predicted octanol–water partition coefficient (Wildman–Crippen LogP) is -5.61. The smallest absolute Gasteiger partial charge is 0.780 e. The molecule has 4 nitrogen and oxygen atoms in total. The number of para-hydroxylation sites is 1. The fraction of sp³-hybridized carbons (Fsp3) is 0. The zero-order valence-electron chi connectivity index (χ0n) is 7.88. The van der Waals surface area contributed by atoms with E-state index < -0.39 is 9.05 Å². The predicted molar refractivity (Wildman–Crippen MR) is 45.2 cm³/mol. The Kier molecular flexibility index (Phi) is 16.0. The van der Waals surface area contributed by atoms with Crippen molar-refractivity contribution in [1.29, 1.82) is 0 Å². The van der Waals surface area contributed by atoms with Crippen molar-refractivity contribution in [3.05, 3.63) is 30.3 Å². The van der Waals surface area contributed by atoms with E-state index in [-0.39, 0.29) is 59.1 Å². The topological polar surface area (TPSA) is 83.4 Å². The third-order valence-corrected chi connectivity index (χ3v) is 0.756. The summed E-state index contributed by atoms with van der Waals surface area (Å²) in [6, 6.07) is 8.71. The first kappa shape index (κ1) is 20.7. The summed E-state index contributed by atoms with van der Waals surface area (Å²) in [5.41, 5.74) is 0. The molecule has 0 heterocycles. The summed E-state index contributed by atoms with van der Waals surface area (Å²) < 4.78 is 26.7. The van der Waals surface area contributed by atoms with E-state index in [1.165, 1.54) is 0 Å². The van der Waals surface area contributed by atoms with E-state index in [2.05, 4.69) is 11.2 Å². The van der Waals surface area contributed by atoms with Gasteiger partial charge in [0.2, 0.25) is 0 Å². The maximum absolute atomic E-state index is 8.89. The van der Waals surface area contributed by atoms with Gasteiger partial charge in [0.15, 0.2) is 0 Å². The van der Waals surface area contributed by atoms with E-state index in [4.69, 9.17) is 18.4 Å². The molecule has 0 aliphatic heterocycles. The van der Waals surface area contributed by atoms with Crippen LogP contribution in [-0.4, -0.2) is 18.4 Å². The molecule has 0 aliphatic carbocycles. The summed E-state index contributed by atoms with van der Waals surface area (Å²) in [4.78, 5) is 0. The van der Waals surface area contributed by atoms with Crippen LogP contribution in [0.15, 0.2) is 30.3 Å². The SMILES string of the molecule is O=S([O-])([O-])=S.Oc1ccccc1.[Na+].[Na+]. The second kappa shape index (κ2) is 10.8. The molecule has 0 saturated heterocycles. The molecule has 0 aromatic heterocycles. The average Bonchev–Trinajstić information content (AvgIpc) is 1.85. The van der Waals surface area contributed by atoms with Crippen LogP contribution in [0.1, 0.15) is 0 Å². The minimum atomic E-state index is -4.33. The number of phenolic OH excluding ortho intramolecular Hbond substituents is 1. The van der Waals surface area contributed by atoms with Crippen LogP contribution >= 0.6 is 0 Å². The molecule has 0 fully saturated rings. The van der Waals surface area contributed by atoms with Gasteiger partial charge in [0.25, 0.3) is 0 Å². The molecule has 0 atom stereocenters. The van der Waals surface area contributed by atoms with Crippen LogP contribution in [0, 0.1) is 0 Å². The molecule has 1 aromatic rings. The second-order valence-electron chi connectivity index (χ2n) is 1.74. The van der Waals surface area contributed by atoms with Crippen molar-refractivity contribution < 1.29 is 77.5 Å². The number of benzene rings is 1. The van der Waals surface area contributed by atoms with Gasteiger partial charge in [0, 0.05) is 0 Å². The Morgan fingerprint density at radius 3 is 1.57 bits per heavy atom. The molecule has 0 spiro atoms. The average molecular weight is 252 g/mol. The van der Waals surface area contributed by atoms with Crippen LogP contribution in [0.5, 0.6) is 5.75 Å². The third-order valence-electron chi connectivity index (χ3n) is 0.756. The van der Waals surface area contributed by atoms with Crippen LogP contribution in [0.3, 0.4) is 0 Å². The van der Waals surface area contributed by atoms with Crippen molar-refractivity contribution in [1.82, 2.24) is 0 Å². The molecule has 1 rings (SSSR count). The molecule has 0 saturated carbocycles. The zero-order valence-corrected chi connectivity index (χ0v) is 13.5. The number of hydrogen-bond donors (Lipinski definition) is 1. The Labute approximate surface area is 132 Å². The van der Waals surface area contributed by atoms with E-state index in [0.717, 1.165) is 0 Å². The Bertz CT molecular complexity index is 306. The third kappa shape index (κ3) is 23.3. The van der Waals surface area contributed by atoms with Gasteiger partial charge in [-0.2, -0.15) is 0 Å². The summed E-state index contributed by atoms with van der Waals surface area (Å²) in [6.07, 6.45) is 0. The minimum Gasteiger partial charge on any atom is -0.780 e. The fourth-order valence-corrected chi connectivity index (χ4v) is 0.428. The summed E-state index contributed by atoms with van der Waals surface area (Å²) >= 11 is 3.24. The first-order valence-electron chi connectivity index (χ1n) is 2.80. The van der Waals surface area contributed by atoms with Gasteiger partial charge in [0.1, 0.15) is 5.75 Å². The van der Waals surface area contributed by atoms with E-state index in [9.17, 15) is 0 Å². The van der Waals surface area contributed by atoms with Crippen LogP contribution < -0.4 is 59.1 Å². The Morgan fingerprint density at radius 1 is 1.14 bits per heavy atom. The largest absolute Gasteiger partial charge is 1.00 e. The summed E-state index contributed by atoms with van der Waals surface area (Å²) in [6.45, 7) is 0. The number of phenols is 1. The molecular weight excluding hydrogens is 246 g/mol. The molecule has 8 heteroatoms. The van der Waals surface area contributed by atoms with Gasteiger partial charge in [-0.3, -0.25) is 4.21 Å². The van der Waals surface area contributed by atoms with Gasteiger partial charge in [-0.25, -0.2) is 0 Å². The van der Waals surface area contributed by atoms with Crippen LogP contribution in [0.25, 0.3) is 0 Å². The van der Waals surface area contributed by atoms with E-state index in [0.29, 0.717) is 5.75 Å². The van der Waals surface area contributed by atoms with Gasteiger partial charge in [-0.1, -0.05) is 18.2 Å². The number of rotatable bonds is 0. The number of hydrogen-bond acceptors (Lipinski definition) is 5. The van der Waals surface area contributed by atoms with Crippen molar-refractivity contribution in [2.24, 2.45) is 0 Å². The molecule has 1 aromatic carbocycles. The maximum atomic E-state index is 8.89. The van der Waals surface area contributed by atoms with Crippen molar-refractivity contribution in [2.75, 3.05) is 0 Å². The molecule has 0 amide bonds. The minimum absolute atomic E-state index is 0. The molecule has 1 N–H and O–H groups in total. The Hall–Kier alpha value is 1.31. The second-order valence-corrected chi connectivity index (χ2v) is 3.79. The van der Waals surface area contributed by atoms with Crippen LogP contribution in [-0.2, 0) is 20.2 Å². The van der Waals surface area contributed by atoms with E-state index >= 15 is 0 Å². The fourth-order valence-electron chi connectivity index (χ4n) is 0.428. The summed E-state index contributed by atoms with van der Waals surface area (Å²) in [5.74, 6) is 0.322. The number of aromatic hydroxyl groups is 1. The molecular formula is C6H6Na2O4S2. The van der Waals surface area contributed by atoms with Crippen LogP contribution in [0.2, 0.25) is 0 Å². The first-order valence-corrected chi connectivity index (χ1v) is 5.13. The van der Waals surface area contributed by atoms with Crippen molar-refractivity contribution in [3.63, 3.8) is 0 Å². The standard InChI is InChI=1S/C6H6O.2Na.H2O3S2/c7-6-4-2-1-3-5-6;;;1-5(2,3)4/h1-5,7H;;;(H2,1,2,3,4)/q;2*+1;/p-2. The monoisotopic (exact) mass is 252 g/mol. The van der Waals surface area contributed by atoms with Crippen molar-refractivity contribution >= 4 is 20.2 Å². The van der Waals surface area contributed by atoms with E-state index in [1.807, 2.05) is 6.07 Å². The molecule has 0 unspecified atom stereocenters. The molecule has 0 aliphatic rings.